The number of anilines is 1. The topological polar surface area (TPSA) is 62.4 Å². The molecule has 0 saturated heterocycles. The summed E-state index contributed by atoms with van der Waals surface area (Å²) < 4.78 is 52.7. The zero-order valence-electron chi connectivity index (χ0n) is 10.4. The second kappa shape index (κ2) is 6.37. The van der Waals surface area contributed by atoms with Crippen LogP contribution in [-0.4, -0.2) is 12.5 Å². The molecule has 0 bridgehead atoms. The molecule has 19 heavy (non-hydrogen) atoms. The van der Waals surface area contributed by atoms with Gasteiger partial charge in [-0.1, -0.05) is 13.8 Å². The maximum atomic E-state index is 13.4. The number of hydrogen-bond acceptors (Lipinski definition) is 2. The first-order valence-corrected chi connectivity index (χ1v) is 5.47. The van der Waals surface area contributed by atoms with E-state index in [0.717, 1.165) is 0 Å². The van der Waals surface area contributed by atoms with Crippen LogP contribution in [0, 0.1) is 29.2 Å². The second-order valence-electron chi connectivity index (χ2n) is 4.20. The number of rotatable bonds is 3. The third-order valence-corrected chi connectivity index (χ3v) is 2.11. The van der Waals surface area contributed by atoms with Crippen LogP contribution in [0.2, 0.25) is 0 Å². The Morgan fingerprint density at radius 1 is 1.21 bits per heavy atom. The SMILES string of the molecule is CC(C)CN=C(NN)Nc1c(F)c(F)cc(F)c1F. The van der Waals surface area contributed by atoms with Crippen molar-refractivity contribution in [3.63, 3.8) is 0 Å². The number of halogens is 4. The number of nitrogens with two attached hydrogens (primary N) is 1. The molecule has 0 aliphatic rings. The zero-order valence-corrected chi connectivity index (χ0v) is 10.4. The van der Waals surface area contributed by atoms with Gasteiger partial charge in [-0.2, -0.15) is 0 Å². The van der Waals surface area contributed by atoms with Gasteiger partial charge in [0.15, 0.2) is 23.3 Å². The van der Waals surface area contributed by atoms with Crippen LogP contribution in [0.15, 0.2) is 11.1 Å². The lowest BCUT2D eigenvalue weighted by Crippen LogP contribution is -2.37. The van der Waals surface area contributed by atoms with E-state index in [0.29, 0.717) is 6.54 Å². The maximum absolute atomic E-state index is 13.4. The molecule has 0 fully saturated rings. The van der Waals surface area contributed by atoms with Crippen molar-refractivity contribution >= 4 is 11.6 Å². The van der Waals surface area contributed by atoms with Crippen molar-refractivity contribution in [2.45, 2.75) is 13.8 Å². The van der Waals surface area contributed by atoms with Gasteiger partial charge in [0.2, 0.25) is 5.96 Å². The van der Waals surface area contributed by atoms with Crippen molar-refractivity contribution in [1.82, 2.24) is 5.43 Å². The van der Waals surface area contributed by atoms with E-state index in [1.807, 2.05) is 13.8 Å². The standard InChI is InChI=1S/C11H14F4N4/c1-5(2)4-17-11(19-16)18-10-8(14)6(12)3-7(13)9(10)15/h3,5H,4,16H2,1-2H3,(H2,17,18,19). The van der Waals surface area contributed by atoms with Gasteiger partial charge >= 0.3 is 0 Å². The fourth-order valence-electron chi connectivity index (χ4n) is 1.20. The van der Waals surface area contributed by atoms with Crippen LogP contribution < -0.4 is 16.6 Å². The fourth-order valence-corrected chi connectivity index (χ4v) is 1.20. The van der Waals surface area contributed by atoms with E-state index in [1.165, 1.54) is 0 Å². The number of nitrogens with zero attached hydrogens (tertiary/aromatic N) is 1. The largest absolute Gasteiger partial charge is 0.320 e. The summed E-state index contributed by atoms with van der Waals surface area (Å²) in [4.78, 5) is 3.87. The highest BCUT2D eigenvalue weighted by atomic mass is 19.2. The smallest absolute Gasteiger partial charge is 0.210 e. The molecular weight excluding hydrogens is 264 g/mol. The quantitative estimate of drug-likeness (QED) is 0.198. The minimum absolute atomic E-state index is 0.122. The molecule has 8 heteroatoms. The number of aliphatic imine (C=N–C) groups is 1. The normalized spacial score (nSPS) is 11.9. The number of hydrazine groups is 1. The first-order chi connectivity index (χ1) is 8.86. The first-order valence-electron chi connectivity index (χ1n) is 5.47. The molecule has 0 amide bonds. The van der Waals surface area contributed by atoms with Gasteiger partial charge in [-0.05, 0) is 5.92 Å². The Hall–Kier alpha value is -1.83. The van der Waals surface area contributed by atoms with E-state index in [-0.39, 0.29) is 17.9 Å². The minimum atomic E-state index is -1.55. The van der Waals surface area contributed by atoms with Crippen LogP contribution >= 0.6 is 0 Å². The molecule has 0 heterocycles. The van der Waals surface area contributed by atoms with E-state index < -0.39 is 29.0 Å². The highest BCUT2D eigenvalue weighted by molar-refractivity contribution is 5.93. The lowest BCUT2D eigenvalue weighted by atomic mass is 10.2. The summed E-state index contributed by atoms with van der Waals surface area (Å²) in [7, 11) is 0. The lowest BCUT2D eigenvalue weighted by molar-refractivity contribution is 0.459. The van der Waals surface area contributed by atoms with Gasteiger partial charge in [-0.3, -0.25) is 10.4 Å². The molecule has 1 aromatic carbocycles. The predicted octanol–water partition coefficient (Wildman–Crippen LogP) is 2.13. The van der Waals surface area contributed by atoms with Gasteiger partial charge < -0.3 is 5.32 Å². The molecular formula is C11H14F4N4. The Balaban J connectivity index is 3.07. The third kappa shape index (κ3) is 3.82. The van der Waals surface area contributed by atoms with Crippen LogP contribution in [0.25, 0.3) is 0 Å². The Morgan fingerprint density at radius 2 is 1.74 bits per heavy atom. The molecule has 1 rings (SSSR count). The average Bonchev–Trinajstić information content (AvgIpc) is 2.35. The molecule has 0 aliphatic carbocycles. The maximum Gasteiger partial charge on any atom is 0.210 e. The molecule has 4 nitrogen and oxygen atoms in total. The lowest BCUT2D eigenvalue weighted by Gasteiger charge is -2.12. The van der Waals surface area contributed by atoms with E-state index >= 15 is 0 Å². The van der Waals surface area contributed by atoms with Gasteiger partial charge in [-0.15, -0.1) is 0 Å². The van der Waals surface area contributed by atoms with Crippen LogP contribution in [0.1, 0.15) is 13.8 Å². The van der Waals surface area contributed by atoms with Crippen molar-refractivity contribution < 1.29 is 17.6 Å². The summed E-state index contributed by atoms with van der Waals surface area (Å²) in [6, 6.07) is 0.122. The second-order valence-corrected chi connectivity index (χ2v) is 4.20. The fraction of sp³-hybridized carbons (Fsp3) is 0.364. The van der Waals surface area contributed by atoms with Gasteiger partial charge in [0.1, 0.15) is 5.69 Å². The zero-order chi connectivity index (χ0) is 14.6. The van der Waals surface area contributed by atoms with Crippen LogP contribution in [0.4, 0.5) is 23.2 Å². The van der Waals surface area contributed by atoms with Gasteiger partial charge in [-0.25, -0.2) is 23.4 Å². The summed E-state index contributed by atoms with van der Waals surface area (Å²) >= 11 is 0. The van der Waals surface area contributed by atoms with Crippen molar-refractivity contribution in [1.29, 1.82) is 0 Å². The van der Waals surface area contributed by atoms with Crippen molar-refractivity contribution in [2.75, 3.05) is 11.9 Å². The number of nitrogens with one attached hydrogen (secondary N) is 2. The van der Waals surface area contributed by atoms with E-state index in [9.17, 15) is 17.6 Å². The molecule has 4 N–H and O–H groups in total. The highest BCUT2D eigenvalue weighted by Crippen LogP contribution is 2.23. The van der Waals surface area contributed by atoms with Crippen LogP contribution in [-0.2, 0) is 0 Å². The van der Waals surface area contributed by atoms with Gasteiger partial charge in [0.25, 0.3) is 0 Å². The highest BCUT2D eigenvalue weighted by Gasteiger charge is 2.20. The Labute approximate surface area is 107 Å². The molecule has 0 radical (unpaired) electrons. The van der Waals surface area contributed by atoms with Crippen LogP contribution in [0.3, 0.4) is 0 Å². The van der Waals surface area contributed by atoms with Crippen molar-refractivity contribution in [3.05, 3.63) is 29.3 Å². The Kier molecular flexibility index (Phi) is 5.11. The first kappa shape index (κ1) is 15.2. The van der Waals surface area contributed by atoms with E-state index in [2.05, 4.69) is 15.7 Å². The number of guanidine groups is 1. The summed E-state index contributed by atoms with van der Waals surface area (Å²) in [5, 5.41) is 2.09. The molecule has 0 aromatic heterocycles. The molecule has 0 atom stereocenters. The molecule has 0 spiro atoms. The average molecular weight is 278 g/mol. The summed E-state index contributed by atoms with van der Waals surface area (Å²) in [6.45, 7) is 4.04. The van der Waals surface area contributed by atoms with Gasteiger partial charge in [0.05, 0.1) is 0 Å². The summed E-state index contributed by atoms with van der Waals surface area (Å²) in [5.41, 5.74) is 1.07. The monoisotopic (exact) mass is 278 g/mol. The summed E-state index contributed by atoms with van der Waals surface area (Å²) in [6.07, 6.45) is 0. The molecule has 0 saturated carbocycles. The van der Waals surface area contributed by atoms with Gasteiger partial charge in [0, 0.05) is 12.6 Å². The molecule has 0 aliphatic heterocycles. The molecule has 106 valence electrons. The van der Waals surface area contributed by atoms with E-state index in [1.54, 1.807) is 0 Å². The predicted molar refractivity (Wildman–Crippen MR) is 64.4 cm³/mol. The minimum Gasteiger partial charge on any atom is -0.320 e. The Bertz CT molecular complexity index is 462. The van der Waals surface area contributed by atoms with Crippen molar-refractivity contribution in [3.8, 4) is 0 Å². The van der Waals surface area contributed by atoms with E-state index in [4.69, 9.17) is 5.84 Å². The molecule has 0 unspecified atom stereocenters. The number of hydrogen-bond donors (Lipinski definition) is 3. The Morgan fingerprint density at radius 3 is 2.16 bits per heavy atom. The third-order valence-electron chi connectivity index (χ3n) is 2.11. The van der Waals surface area contributed by atoms with Crippen molar-refractivity contribution in [2.24, 2.45) is 16.8 Å². The summed E-state index contributed by atoms with van der Waals surface area (Å²) in [5.74, 6) is -1.04. The van der Waals surface area contributed by atoms with Crippen LogP contribution in [0.5, 0.6) is 0 Å². The molecule has 1 aromatic rings. The number of benzene rings is 1.